The Labute approximate surface area is 113 Å². The summed E-state index contributed by atoms with van der Waals surface area (Å²) in [6.07, 6.45) is 3.54. The first-order chi connectivity index (χ1) is 8.61. The van der Waals surface area contributed by atoms with E-state index in [2.05, 4.69) is 5.32 Å². The van der Waals surface area contributed by atoms with Crippen LogP contribution in [0.15, 0.2) is 18.2 Å². The molecule has 3 N–H and O–H groups in total. The van der Waals surface area contributed by atoms with Crippen LogP contribution in [0.2, 0.25) is 5.02 Å². The van der Waals surface area contributed by atoms with Crippen molar-refractivity contribution in [1.82, 2.24) is 5.32 Å². The molecule has 2 rings (SSSR count). The van der Waals surface area contributed by atoms with Gasteiger partial charge in [0.05, 0.1) is 12.1 Å². The van der Waals surface area contributed by atoms with Crippen molar-refractivity contribution in [3.63, 3.8) is 0 Å². The molecule has 2 atom stereocenters. The molecular weight excluding hydrogens is 248 g/mol. The van der Waals surface area contributed by atoms with Gasteiger partial charge >= 0.3 is 0 Å². The largest absolute Gasteiger partial charge is 0.348 e. The van der Waals surface area contributed by atoms with Gasteiger partial charge in [0.15, 0.2) is 0 Å². The molecule has 3 nitrogen and oxygen atoms in total. The van der Waals surface area contributed by atoms with Crippen molar-refractivity contribution >= 4 is 17.5 Å². The van der Waals surface area contributed by atoms with E-state index in [4.69, 9.17) is 17.3 Å². The molecule has 18 heavy (non-hydrogen) atoms. The zero-order valence-electron chi connectivity index (χ0n) is 10.6. The standard InChI is InChI=1S/C14H19ClN2O/c1-2-3-12(16)14(18)17-13-7-4-9-8-10(15)5-6-11(9)13/h5-6,8,12-13H,2-4,7,16H2,1H3,(H,17,18). The van der Waals surface area contributed by atoms with E-state index in [9.17, 15) is 4.79 Å². The van der Waals surface area contributed by atoms with Crippen LogP contribution in [0.5, 0.6) is 0 Å². The zero-order valence-corrected chi connectivity index (χ0v) is 11.3. The first-order valence-electron chi connectivity index (χ1n) is 6.46. The van der Waals surface area contributed by atoms with Crippen molar-refractivity contribution in [3.8, 4) is 0 Å². The van der Waals surface area contributed by atoms with Crippen molar-refractivity contribution in [2.75, 3.05) is 0 Å². The Morgan fingerprint density at radius 1 is 1.61 bits per heavy atom. The van der Waals surface area contributed by atoms with Crippen LogP contribution in [0.25, 0.3) is 0 Å². The van der Waals surface area contributed by atoms with E-state index in [1.807, 2.05) is 25.1 Å². The fourth-order valence-corrected chi connectivity index (χ4v) is 2.65. The van der Waals surface area contributed by atoms with Crippen LogP contribution in [0.1, 0.15) is 43.4 Å². The van der Waals surface area contributed by atoms with Gasteiger partial charge in [-0.3, -0.25) is 4.79 Å². The Morgan fingerprint density at radius 2 is 2.39 bits per heavy atom. The molecule has 0 saturated carbocycles. The lowest BCUT2D eigenvalue weighted by molar-refractivity contribution is -0.123. The monoisotopic (exact) mass is 266 g/mol. The van der Waals surface area contributed by atoms with Crippen LogP contribution in [-0.2, 0) is 11.2 Å². The van der Waals surface area contributed by atoms with Gasteiger partial charge < -0.3 is 11.1 Å². The molecule has 2 unspecified atom stereocenters. The molecule has 0 bridgehead atoms. The number of hydrogen-bond acceptors (Lipinski definition) is 2. The van der Waals surface area contributed by atoms with Crippen LogP contribution in [0, 0.1) is 0 Å². The second kappa shape index (κ2) is 5.72. The fourth-order valence-electron chi connectivity index (χ4n) is 2.46. The van der Waals surface area contributed by atoms with Crippen LogP contribution in [0.3, 0.4) is 0 Å². The lowest BCUT2D eigenvalue weighted by Gasteiger charge is -2.17. The molecule has 1 aliphatic rings. The van der Waals surface area contributed by atoms with Crippen LogP contribution in [-0.4, -0.2) is 11.9 Å². The van der Waals surface area contributed by atoms with Crippen molar-refractivity contribution in [3.05, 3.63) is 34.3 Å². The van der Waals surface area contributed by atoms with E-state index in [1.165, 1.54) is 11.1 Å². The Kier molecular flexibility index (Phi) is 4.25. The number of benzene rings is 1. The summed E-state index contributed by atoms with van der Waals surface area (Å²) in [7, 11) is 0. The number of nitrogens with one attached hydrogen (secondary N) is 1. The number of aryl methyl sites for hydroxylation is 1. The minimum absolute atomic E-state index is 0.0512. The van der Waals surface area contributed by atoms with Gasteiger partial charge in [0.2, 0.25) is 5.91 Å². The summed E-state index contributed by atoms with van der Waals surface area (Å²) >= 11 is 5.96. The summed E-state index contributed by atoms with van der Waals surface area (Å²) < 4.78 is 0. The maximum atomic E-state index is 11.9. The Morgan fingerprint density at radius 3 is 3.11 bits per heavy atom. The summed E-state index contributed by atoms with van der Waals surface area (Å²) in [5.41, 5.74) is 8.23. The van der Waals surface area contributed by atoms with Crippen molar-refractivity contribution in [1.29, 1.82) is 0 Å². The normalized spacial score (nSPS) is 19.4. The third kappa shape index (κ3) is 2.85. The van der Waals surface area contributed by atoms with Gasteiger partial charge in [-0.2, -0.15) is 0 Å². The number of carbonyl (C=O) groups is 1. The van der Waals surface area contributed by atoms with Gasteiger partial charge in [-0.25, -0.2) is 0 Å². The highest BCUT2D eigenvalue weighted by atomic mass is 35.5. The summed E-state index contributed by atoms with van der Waals surface area (Å²) in [5, 5.41) is 3.79. The summed E-state index contributed by atoms with van der Waals surface area (Å²) in [6, 6.07) is 5.55. The topological polar surface area (TPSA) is 55.1 Å². The predicted octanol–water partition coefficient (Wildman–Crippen LogP) is 2.57. The van der Waals surface area contributed by atoms with Crippen molar-refractivity contribution in [2.45, 2.75) is 44.7 Å². The predicted molar refractivity (Wildman–Crippen MR) is 73.5 cm³/mol. The Bertz CT molecular complexity index is 447. The maximum absolute atomic E-state index is 11.9. The molecule has 0 aromatic heterocycles. The van der Waals surface area contributed by atoms with Gasteiger partial charge in [-0.15, -0.1) is 0 Å². The van der Waals surface area contributed by atoms with E-state index in [0.717, 1.165) is 30.7 Å². The number of hydrogen-bond donors (Lipinski definition) is 2. The van der Waals surface area contributed by atoms with E-state index in [0.29, 0.717) is 0 Å². The molecule has 1 aromatic rings. The molecule has 0 spiro atoms. The third-order valence-corrected chi connectivity index (χ3v) is 3.67. The number of rotatable bonds is 4. The summed E-state index contributed by atoms with van der Waals surface area (Å²) in [6.45, 7) is 2.03. The Balaban J connectivity index is 2.03. The lowest BCUT2D eigenvalue weighted by Crippen LogP contribution is -2.41. The highest BCUT2D eigenvalue weighted by Crippen LogP contribution is 2.32. The van der Waals surface area contributed by atoms with Crippen LogP contribution < -0.4 is 11.1 Å². The average molecular weight is 267 g/mol. The molecule has 0 aliphatic heterocycles. The number of fused-ring (bicyclic) bond motifs is 1. The molecule has 0 fully saturated rings. The summed E-state index contributed by atoms with van der Waals surface area (Å²) in [4.78, 5) is 11.9. The average Bonchev–Trinajstić information content (AvgIpc) is 2.72. The van der Waals surface area contributed by atoms with Gasteiger partial charge in [0, 0.05) is 5.02 Å². The Hall–Kier alpha value is -1.06. The smallest absolute Gasteiger partial charge is 0.237 e. The van der Waals surface area contributed by atoms with Crippen molar-refractivity contribution in [2.24, 2.45) is 5.73 Å². The van der Waals surface area contributed by atoms with Crippen LogP contribution >= 0.6 is 11.6 Å². The second-order valence-corrected chi connectivity index (χ2v) is 5.27. The van der Waals surface area contributed by atoms with Gasteiger partial charge in [-0.05, 0) is 42.5 Å². The quantitative estimate of drug-likeness (QED) is 0.880. The number of carbonyl (C=O) groups excluding carboxylic acids is 1. The van der Waals surface area contributed by atoms with Gasteiger partial charge in [0.1, 0.15) is 0 Å². The molecule has 1 amide bonds. The van der Waals surface area contributed by atoms with Crippen LogP contribution in [0.4, 0.5) is 0 Å². The molecule has 4 heteroatoms. The molecule has 0 radical (unpaired) electrons. The highest BCUT2D eigenvalue weighted by Gasteiger charge is 2.25. The minimum atomic E-state index is -0.397. The van der Waals surface area contributed by atoms with E-state index in [1.54, 1.807) is 0 Å². The molecule has 1 aliphatic carbocycles. The first kappa shape index (κ1) is 13.4. The SMILES string of the molecule is CCCC(N)C(=O)NC1CCc2cc(Cl)ccc21. The third-order valence-electron chi connectivity index (χ3n) is 3.44. The van der Waals surface area contributed by atoms with Gasteiger partial charge in [0.25, 0.3) is 0 Å². The minimum Gasteiger partial charge on any atom is -0.348 e. The highest BCUT2D eigenvalue weighted by molar-refractivity contribution is 6.30. The maximum Gasteiger partial charge on any atom is 0.237 e. The second-order valence-electron chi connectivity index (χ2n) is 4.84. The van der Waals surface area contributed by atoms with Gasteiger partial charge in [-0.1, -0.05) is 31.0 Å². The molecule has 0 saturated heterocycles. The molecule has 0 heterocycles. The summed E-state index contributed by atoms with van der Waals surface area (Å²) in [5.74, 6) is -0.0512. The van der Waals surface area contributed by atoms with E-state index < -0.39 is 6.04 Å². The number of amides is 1. The van der Waals surface area contributed by atoms with E-state index >= 15 is 0 Å². The molecule has 1 aromatic carbocycles. The number of halogens is 1. The van der Waals surface area contributed by atoms with Crippen molar-refractivity contribution < 1.29 is 4.79 Å². The number of nitrogens with two attached hydrogens (primary N) is 1. The molecular formula is C14H19ClN2O. The first-order valence-corrected chi connectivity index (χ1v) is 6.84. The fraction of sp³-hybridized carbons (Fsp3) is 0.500. The molecule has 98 valence electrons. The van der Waals surface area contributed by atoms with E-state index in [-0.39, 0.29) is 11.9 Å². The zero-order chi connectivity index (χ0) is 13.1. The lowest BCUT2D eigenvalue weighted by atomic mass is 10.1.